The van der Waals surface area contributed by atoms with Gasteiger partial charge in [-0.2, -0.15) is 11.8 Å². The molecule has 62 valence electrons. The quantitative estimate of drug-likeness (QED) is 0.445. The number of unbranched alkanes of at least 4 members (excludes halogenated alkanes) is 1. The third-order valence-corrected chi connectivity index (χ3v) is 3.20. The normalized spacial score (nSPS) is 13.5. The van der Waals surface area contributed by atoms with Gasteiger partial charge in [0.05, 0.1) is 0 Å². The summed E-state index contributed by atoms with van der Waals surface area (Å²) in [5, 5.41) is 0.829. The summed E-state index contributed by atoms with van der Waals surface area (Å²) in [5.41, 5.74) is 0. The predicted molar refractivity (Wildman–Crippen MR) is 52.2 cm³/mol. The van der Waals surface area contributed by atoms with Crippen LogP contribution in [0.25, 0.3) is 0 Å². The summed E-state index contributed by atoms with van der Waals surface area (Å²) >= 11 is 7.60. The fourth-order valence-electron chi connectivity index (χ4n) is 0.599. The molecule has 0 spiro atoms. The van der Waals surface area contributed by atoms with Gasteiger partial charge in [-0.3, -0.25) is 0 Å². The molecule has 0 bridgehead atoms. The van der Waals surface area contributed by atoms with Crippen molar-refractivity contribution in [3.63, 3.8) is 0 Å². The van der Waals surface area contributed by atoms with Crippen molar-refractivity contribution in [1.29, 1.82) is 0 Å². The van der Waals surface area contributed by atoms with E-state index in [9.17, 15) is 0 Å². The maximum absolute atomic E-state index is 5.54. The molecule has 0 aliphatic heterocycles. The molecule has 0 aliphatic rings. The molecule has 10 heavy (non-hydrogen) atoms. The van der Waals surface area contributed by atoms with Gasteiger partial charge in [-0.25, -0.2) is 0 Å². The van der Waals surface area contributed by atoms with Gasteiger partial charge in [-0.05, 0) is 25.0 Å². The van der Waals surface area contributed by atoms with Gasteiger partial charge in [0.2, 0.25) is 0 Å². The second-order valence-electron chi connectivity index (χ2n) is 2.49. The summed E-state index contributed by atoms with van der Waals surface area (Å²) in [4.78, 5) is 0. The largest absolute Gasteiger partial charge is 0.159 e. The van der Waals surface area contributed by atoms with Gasteiger partial charge in [-0.15, -0.1) is 11.6 Å². The lowest BCUT2D eigenvalue weighted by molar-refractivity contribution is 0.876. The lowest BCUT2D eigenvalue weighted by Crippen LogP contribution is -1.94. The second-order valence-corrected chi connectivity index (χ2v) is 4.41. The van der Waals surface area contributed by atoms with Crippen LogP contribution in [0.1, 0.15) is 33.1 Å². The lowest BCUT2D eigenvalue weighted by Gasteiger charge is -2.06. The van der Waals surface area contributed by atoms with Crippen molar-refractivity contribution in [2.45, 2.75) is 38.4 Å². The summed E-state index contributed by atoms with van der Waals surface area (Å²) < 4.78 is 0. The van der Waals surface area contributed by atoms with Crippen molar-refractivity contribution >= 4 is 23.4 Å². The van der Waals surface area contributed by atoms with E-state index in [1.165, 1.54) is 25.0 Å². The van der Waals surface area contributed by atoms with Gasteiger partial charge < -0.3 is 0 Å². The van der Waals surface area contributed by atoms with E-state index in [0.29, 0.717) is 0 Å². The Morgan fingerprint density at radius 2 is 2.10 bits per heavy atom. The summed E-state index contributed by atoms with van der Waals surface area (Å²) in [6.45, 7) is 4.52. The molecule has 0 rings (SSSR count). The van der Waals surface area contributed by atoms with Crippen LogP contribution in [0.5, 0.6) is 0 Å². The molecule has 0 aromatic rings. The average Bonchev–Trinajstić information content (AvgIpc) is 1.98. The van der Waals surface area contributed by atoms with Crippen LogP contribution in [-0.2, 0) is 0 Å². The SMILES string of the molecule is CCC(C)SCCCCCl. The first kappa shape index (κ1) is 10.6. The molecule has 0 nitrogen and oxygen atoms in total. The van der Waals surface area contributed by atoms with Crippen molar-refractivity contribution in [3.05, 3.63) is 0 Å². The zero-order chi connectivity index (χ0) is 7.82. The van der Waals surface area contributed by atoms with E-state index in [1.54, 1.807) is 0 Å². The van der Waals surface area contributed by atoms with Gasteiger partial charge in [-0.1, -0.05) is 13.8 Å². The molecule has 0 heterocycles. The molecular weight excluding hydrogens is 164 g/mol. The molecule has 0 amide bonds. The number of alkyl halides is 1. The summed E-state index contributed by atoms with van der Waals surface area (Å²) in [6, 6.07) is 0. The van der Waals surface area contributed by atoms with E-state index in [1.807, 2.05) is 0 Å². The van der Waals surface area contributed by atoms with Crippen LogP contribution in [0, 0.1) is 0 Å². The summed E-state index contributed by atoms with van der Waals surface area (Å²) in [6.07, 6.45) is 3.73. The van der Waals surface area contributed by atoms with Gasteiger partial charge in [0, 0.05) is 11.1 Å². The van der Waals surface area contributed by atoms with Gasteiger partial charge in [0.1, 0.15) is 0 Å². The first-order valence-corrected chi connectivity index (χ1v) is 5.57. The Bertz CT molecular complexity index is 66.3. The van der Waals surface area contributed by atoms with E-state index >= 15 is 0 Å². The van der Waals surface area contributed by atoms with Crippen LogP contribution >= 0.6 is 23.4 Å². The van der Waals surface area contributed by atoms with E-state index < -0.39 is 0 Å². The zero-order valence-electron chi connectivity index (χ0n) is 6.90. The van der Waals surface area contributed by atoms with Crippen LogP contribution < -0.4 is 0 Å². The van der Waals surface area contributed by atoms with Crippen molar-refractivity contribution < 1.29 is 0 Å². The van der Waals surface area contributed by atoms with Crippen molar-refractivity contribution in [1.82, 2.24) is 0 Å². The van der Waals surface area contributed by atoms with Gasteiger partial charge in [0.25, 0.3) is 0 Å². The van der Waals surface area contributed by atoms with Crippen LogP contribution in [0.3, 0.4) is 0 Å². The zero-order valence-corrected chi connectivity index (χ0v) is 8.47. The maximum Gasteiger partial charge on any atom is 0.0223 e. The van der Waals surface area contributed by atoms with Crippen LogP contribution in [0.4, 0.5) is 0 Å². The van der Waals surface area contributed by atoms with Crippen molar-refractivity contribution in [2.75, 3.05) is 11.6 Å². The van der Waals surface area contributed by atoms with Gasteiger partial charge >= 0.3 is 0 Å². The van der Waals surface area contributed by atoms with E-state index in [0.717, 1.165) is 11.1 Å². The molecule has 0 N–H and O–H groups in total. The molecule has 2 heteroatoms. The first-order chi connectivity index (χ1) is 4.81. The molecule has 0 aromatic carbocycles. The van der Waals surface area contributed by atoms with Crippen LogP contribution in [0.2, 0.25) is 0 Å². The Morgan fingerprint density at radius 3 is 2.60 bits per heavy atom. The third kappa shape index (κ3) is 6.76. The Kier molecular flexibility index (Phi) is 8.24. The minimum atomic E-state index is 0.821. The fraction of sp³-hybridized carbons (Fsp3) is 1.00. The molecule has 0 saturated heterocycles. The number of hydrogen-bond acceptors (Lipinski definition) is 1. The Hall–Kier alpha value is 0.640. The monoisotopic (exact) mass is 180 g/mol. The van der Waals surface area contributed by atoms with E-state index in [-0.39, 0.29) is 0 Å². The molecule has 0 saturated carbocycles. The summed E-state index contributed by atoms with van der Waals surface area (Å²) in [7, 11) is 0. The smallest absolute Gasteiger partial charge is 0.0223 e. The van der Waals surface area contributed by atoms with Crippen LogP contribution in [0.15, 0.2) is 0 Å². The number of thioether (sulfide) groups is 1. The fourth-order valence-corrected chi connectivity index (χ4v) is 1.80. The second kappa shape index (κ2) is 7.74. The standard InChI is InChI=1S/C8H17ClS/c1-3-8(2)10-7-5-4-6-9/h8H,3-7H2,1-2H3. The van der Waals surface area contributed by atoms with E-state index in [2.05, 4.69) is 25.6 Å². The highest BCUT2D eigenvalue weighted by Gasteiger charge is 1.96. The highest BCUT2D eigenvalue weighted by molar-refractivity contribution is 7.99. The molecule has 0 fully saturated rings. The maximum atomic E-state index is 5.54. The lowest BCUT2D eigenvalue weighted by atomic mass is 10.4. The predicted octanol–water partition coefficient (Wildman–Crippen LogP) is 3.54. The molecule has 0 aliphatic carbocycles. The van der Waals surface area contributed by atoms with Crippen molar-refractivity contribution in [3.8, 4) is 0 Å². The third-order valence-electron chi connectivity index (χ3n) is 1.51. The Morgan fingerprint density at radius 1 is 1.40 bits per heavy atom. The highest BCUT2D eigenvalue weighted by atomic mass is 35.5. The molecule has 0 aromatic heterocycles. The Labute approximate surface area is 73.7 Å². The van der Waals surface area contributed by atoms with E-state index in [4.69, 9.17) is 11.6 Å². The number of rotatable bonds is 6. The molecular formula is C8H17ClS. The molecule has 1 unspecified atom stereocenters. The average molecular weight is 181 g/mol. The van der Waals surface area contributed by atoms with Crippen LogP contribution in [-0.4, -0.2) is 16.9 Å². The molecule has 1 atom stereocenters. The first-order valence-electron chi connectivity index (χ1n) is 3.98. The molecule has 0 radical (unpaired) electrons. The highest BCUT2D eigenvalue weighted by Crippen LogP contribution is 2.14. The topological polar surface area (TPSA) is 0 Å². The minimum absolute atomic E-state index is 0.821. The number of hydrogen-bond donors (Lipinski definition) is 0. The Balaban J connectivity index is 2.89. The number of halogens is 1. The summed E-state index contributed by atoms with van der Waals surface area (Å²) in [5.74, 6) is 2.10. The van der Waals surface area contributed by atoms with Gasteiger partial charge in [0.15, 0.2) is 0 Å². The van der Waals surface area contributed by atoms with Crippen molar-refractivity contribution in [2.24, 2.45) is 0 Å². The minimum Gasteiger partial charge on any atom is -0.159 e.